The van der Waals surface area contributed by atoms with Gasteiger partial charge in [-0.15, -0.1) is 0 Å². The highest BCUT2D eigenvalue weighted by molar-refractivity contribution is 6.01. The minimum Gasteiger partial charge on any atom is -0.496 e. The van der Waals surface area contributed by atoms with Gasteiger partial charge in [0.15, 0.2) is 5.78 Å². The van der Waals surface area contributed by atoms with E-state index in [1.165, 1.54) is 0 Å². The summed E-state index contributed by atoms with van der Waals surface area (Å²) < 4.78 is 5.39. The Labute approximate surface area is 116 Å². The van der Waals surface area contributed by atoms with Crippen LogP contribution < -0.4 is 10.5 Å². The van der Waals surface area contributed by atoms with Gasteiger partial charge in [-0.3, -0.25) is 4.79 Å². The predicted octanol–water partition coefficient (Wildman–Crippen LogP) is 3.29. The lowest BCUT2D eigenvalue weighted by Gasteiger charge is -2.19. The number of carbonyl (C=O) groups excluding carboxylic acids is 1. The van der Waals surface area contributed by atoms with Crippen molar-refractivity contribution in [2.24, 2.45) is 11.7 Å². The van der Waals surface area contributed by atoms with E-state index < -0.39 is 6.04 Å². The molecule has 0 fully saturated rings. The summed E-state index contributed by atoms with van der Waals surface area (Å²) in [6.07, 6.45) is 0. The van der Waals surface area contributed by atoms with Crippen molar-refractivity contribution in [1.82, 2.24) is 0 Å². The first kappa shape index (κ1) is 15.7. The Bertz CT molecular complexity index is 464. The van der Waals surface area contributed by atoms with E-state index in [9.17, 15) is 4.79 Å². The SMILES string of the molecule is COc1cc(C)c(C(=O)C(N)C(C)C)cc1C(C)C. The molecule has 0 saturated heterocycles. The summed E-state index contributed by atoms with van der Waals surface area (Å²) in [4.78, 5) is 12.4. The van der Waals surface area contributed by atoms with E-state index in [1.807, 2.05) is 32.9 Å². The van der Waals surface area contributed by atoms with Crippen LogP contribution in [0.2, 0.25) is 0 Å². The van der Waals surface area contributed by atoms with E-state index in [1.54, 1.807) is 7.11 Å². The molecule has 1 atom stereocenters. The van der Waals surface area contributed by atoms with Gasteiger partial charge in [0.1, 0.15) is 5.75 Å². The molecule has 1 aromatic rings. The van der Waals surface area contributed by atoms with Gasteiger partial charge in [-0.2, -0.15) is 0 Å². The number of carbonyl (C=O) groups is 1. The molecule has 0 amide bonds. The Morgan fingerprint density at radius 1 is 1.21 bits per heavy atom. The number of nitrogens with two attached hydrogens (primary N) is 1. The van der Waals surface area contributed by atoms with Crippen molar-refractivity contribution < 1.29 is 9.53 Å². The molecular formula is C16H25NO2. The van der Waals surface area contributed by atoms with Crippen molar-refractivity contribution >= 4 is 5.78 Å². The van der Waals surface area contributed by atoms with Crippen molar-refractivity contribution in [3.05, 3.63) is 28.8 Å². The number of methoxy groups -OCH3 is 1. The van der Waals surface area contributed by atoms with Gasteiger partial charge in [0.25, 0.3) is 0 Å². The first-order valence-corrected chi connectivity index (χ1v) is 6.77. The van der Waals surface area contributed by atoms with Gasteiger partial charge in [0, 0.05) is 5.56 Å². The normalized spacial score (nSPS) is 12.9. The largest absolute Gasteiger partial charge is 0.496 e. The second-order valence-corrected chi connectivity index (χ2v) is 5.70. The van der Waals surface area contributed by atoms with Crippen molar-refractivity contribution in [1.29, 1.82) is 0 Å². The zero-order chi connectivity index (χ0) is 14.7. The molecule has 0 aliphatic rings. The van der Waals surface area contributed by atoms with E-state index >= 15 is 0 Å². The molecule has 0 aliphatic carbocycles. The maximum Gasteiger partial charge on any atom is 0.180 e. The van der Waals surface area contributed by atoms with E-state index in [-0.39, 0.29) is 11.7 Å². The van der Waals surface area contributed by atoms with Crippen molar-refractivity contribution in [2.75, 3.05) is 7.11 Å². The van der Waals surface area contributed by atoms with Crippen molar-refractivity contribution in [2.45, 2.75) is 46.6 Å². The predicted molar refractivity (Wildman–Crippen MR) is 79.0 cm³/mol. The Hall–Kier alpha value is -1.35. The van der Waals surface area contributed by atoms with Gasteiger partial charge < -0.3 is 10.5 Å². The van der Waals surface area contributed by atoms with Crippen LogP contribution in [0.5, 0.6) is 5.75 Å². The highest BCUT2D eigenvalue weighted by atomic mass is 16.5. The molecule has 0 spiro atoms. The summed E-state index contributed by atoms with van der Waals surface area (Å²) in [5.41, 5.74) is 8.66. The maximum absolute atomic E-state index is 12.4. The summed E-state index contributed by atoms with van der Waals surface area (Å²) in [5, 5.41) is 0. The quantitative estimate of drug-likeness (QED) is 0.829. The lowest BCUT2D eigenvalue weighted by Crippen LogP contribution is -2.36. The van der Waals surface area contributed by atoms with Gasteiger partial charge in [-0.25, -0.2) is 0 Å². The third-order valence-electron chi connectivity index (χ3n) is 3.49. The molecule has 1 rings (SSSR count). The van der Waals surface area contributed by atoms with Gasteiger partial charge in [-0.05, 0) is 42.0 Å². The van der Waals surface area contributed by atoms with Crippen LogP contribution in [-0.2, 0) is 0 Å². The zero-order valence-electron chi connectivity index (χ0n) is 12.8. The van der Waals surface area contributed by atoms with E-state index in [0.717, 1.165) is 16.9 Å². The monoisotopic (exact) mass is 263 g/mol. The van der Waals surface area contributed by atoms with Crippen molar-refractivity contribution in [3.63, 3.8) is 0 Å². The molecule has 106 valence electrons. The number of hydrogen-bond acceptors (Lipinski definition) is 3. The molecule has 0 saturated carbocycles. The second kappa shape index (κ2) is 6.20. The number of ketones is 1. The summed E-state index contributed by atoms with van der Waals surface area (Å²) in [5.74, 6) is 1.29. The summed E-state index contributed by atoms with van der Waals surface area (Å²) in [6.45, 7) is 10.0. The minimum atomic E-state index is -0.452. The van der Waals surface area contributed by atoms with E-state index in [4.69, 9.17) is 10.5 Å². The third kappa shape index (κ3) is 3.35. The average molecular weight is 263 g/mol. The summed E-state index contributed by atoms with van der Waals surface area (Å²) in [7, 11) is 1.65. The van der Waals surface area contributed by atoms with Crippen LogP contribution in [0.4, 0.5) is 0 Å². The average Bonchev–Trinajstić information content (AvgIpc) is 2.35. The Kier molecular flexibility index (Phi) is 5.12. The molecule has 2 N–H and O–H groups in total. The Morgan fingerprint density at radius 3 is 2.21 bits per heavy atom. The molecule has 3 nitrogen and oxygen atoms in total. The number of aryl methyl sites for hydroxylation is 1. The fourth-order valence-electron chi connectivity index (χ4n) is 2.07. The van der Waals surface area contributed by atoms with E-state index in [2.05, 4.69) is 13.8 Å². The molecule has 1 aromatic carbocycles. The van der Waals surface area contributed by atoms with Crippen molar-refractivity contribution in [3.8, 4) is 5.75 Å². The minimum absolute atomic E-state index is 0.0112. The molecular weight excluding hydrogens is 238 g/mol. The fourth-order valence-corrected chi connectivity index (χ4v) is 2.07. The molecule has 0 radical (unpaired) electrons. The number of rotatable bonds is 5. The Balaban J connectivity index is 3.29. The van der Waals surface area contributed by atoms with Crippen LogP contribution >= 0.6 is 0 Å². The molecule has 0 heterocycles. The number of Topliss-reactive ketones (excluding diaryl/α,β-unsaturated/α-hetero) is 1. The highest BCUT2D eigenvalue weighted by Crippen LogP contribution is 2.30. The van der Waals surface area contributed by atoms with Gasteiger partial charge in [0.05, 0.1) is 13.2 Å². The standard InChI is InChI=1S/C16H25NO2/c1-9(2)12-8-13(11(5)7-14(12)19-6)16(18)15(17)10(3)4/h7-10,15H,17H2,1-6H3. The molecule has 3 heteroatoms. The zero-order valence-corrected chi connectivity index (χ0v) is 12.8. The topological polar surface area (TPSA) is 52.3 Å². The number of hydrogen-bond donors (Lipinski definition) is 1. The smallest absolute Gasteiger partial charge is 0.180 e. The van der Waals surface area contributed by atoms with Crippen LogP contribution in [0.15, 0.2) is 12.1 Å². The van der Waals surface area contributed by atoms with Crippen LogP contribution in [0.1, 0.15) is 55.1 Å². The highest BCUT2D eigenvalue weighted by Gasteiger charge is 2.22. The van der Waals surface area contributed by atoms with Gasteiger partial charge in [0.2, 0.25) is 0 Å². The number of ether oxygens (including phenoxy) is 1. The molecule has 19 heavy (non-hydrogen) atoms. The maximum atomic E-state index is 12.4. The van der Waals surface area contributed by atoms with Crippen LogP contribution in [0.3, 0.4) is 0 Å². The first-order valence-electron chi connectivity index (χ1n) is 6.77. The van der Waals surface area contributed by atoms with Gasteiger partial charge in [-0.1, -0.05) is 27.7 Å². The molecule has 0 bridgehead atoms. The lowest BCUT2D eigenvalue weighted by atomic mass is 9.89. The van der Waals surface area contributed by atoms with Crippen LogP contribution in [0, 0.1) is 12.8 Å². The summed E-state index contributed by atoms with van der Waals surface area (Å²) >= 11 is 0. The lowest BCUT2D eigenvalue weighted by molar-refractivity contribution is 0.0940. The Morgan fingerprint density at radius 2 is 1.79 bits per heavy atom. The van der Waals surface area contributed by atoms with Crippen LogP contribution in [0.25, 0.3) is 0 Å². The molecule has 0 aromatic heterocycles. The van der Waals surface area contributed by atoms with Crippen LogP contribution in [-0.4, -0.2) is 18.9 Å². The third-order valence-corrected chi connectivity index (χ3v) is 3.49. The molecule has 0 aliphatic heterocycles. The number of benzene rings is 1. The van der Waals surface area contributed by atoms with Gasteiger partial charge >= 0.3 is 0 Å². The fraction of sp³-hybridized carbons (Fsp3) is 0.562. The second-order valence-electron chi connectivity index (χ2n) is 5.70. The molecule has 1 unspecified atom stereocenters. The first-order chi connectivity index (χ1) is 8.79. The summed E-state index contributed by atoms with van der Waals surface area (Å²) in [6, 6.07) is 3.41. The van der Waals surface area contributed by atoms with E-state index in [0.29, 0.717) is 11.5 Å².